The lowest BCUT2D eigenvalue weighted by atomic mass is 10.1. The van der Waals surface area contributed by atoms with E-state index in [1.807, 2.05) is 41.3 Å². The molecule has 0 saturated carbocycles. The van der Waals surface area contributed by atoms with E-state index >= 15 is 0 Å². The van der Waals surface area contributed by atoms with Crippen LogP contribution in [0.1, 0.15) is 48.1 Å². The van der Waals surface area contributed by atoms with Crippen molar-refractivity contribution in [3.05, 3.63) is 83.5 Å². The van der Waals surface area contributed by atoms with Crippen molar-refractivity contribution in [2.75, 3.05) is 6.54 Å². The lowest BCUT2D eigenvalue weighted by Crippen LogP contribution is -2.32. The van der Waals surface area contributed by atoms with E-state index in [9.17, 15) is 4.79 Å². The van der Waals surface area contributed by atoms with E-state index in [2.05, 4.69) is 34.4 Å². The highest BCUT2D eigenvalue weighted by Crippen LogP contribution is 2.31. The Hall–Kier alpha value is -2.95. The molecule has 1 aliphatic heterocycles. The molecule has 144 valence electrons. The van der Waals surface area contributed by atoms with Crippen LogP contribution in [-0.4, -0.2) is 27.5 Å². The summed E-state index contributed by atoms with van der Waals surface area (Å²) in [6.07, 6.45) is 5.02. The summed E-state index contributed by atoms with van der Waals surface area (Å²) in [5.41, 5.74) is 2.35. The summed E-state index contributed by atoms with van der Waals surface area (Å²) < 4.78 is 5.53. The first-order valence-electron chi connectivity index (χ1n) is 9.99. The molecule has 1 aliphatic rings. The summed E-state index contributed by atoms with van der Waals surface area (Å²) in [5.74, 6) is 1.43. The van der Waals surface area contributed by atoms with Gasteiger partial charge in [0.15, 0.2) is 5.82 Å². The highest BCUT2D eigenvalue weighted by molar-refractivity contribution is 5.79. The van der Waals surface area contributed by atoms with Gasteiger partial charge in [-0.15, -0.1) is 0 Å². The number of carbonyl (C=O) groups excluding carboxylic acids is 1. The van der Waals surface area contributed by atoms with Crippen molar-refractivity contribution in [2.45, 2.75) is 44.6 Å². The first-order valence-corrected chi connectivity index (χ1v) is 9.99. The molecule has 0 aliphatic carbocycles. The van der Waals surface area contributed by atoms with Gasteiger partial charge in [0.05, 0.1) is 6.42 Å². The number of rotatable bonds is 7. The second-order valence-electron chi connectivity index (χ2n) is 7.30. The summed E-state index contributed by atoms with van der Waals surface area (Å²) in [6.45, 7) is 0.752. The average molecular weight is 375 g/mol. The molecule has 0 spiro atoms. The molecule has 2 heterocycles. The maximum absolute atomic E-state index is 12.8. The number of carbonyl (C=O) groups is 1. The van der Waals surface area contributed by atoms with Crippen molar-refractivity contribution in [2.24, 2.45) is 0 Å². The zero-order valence-corrected chi connectivity index (χ0v) is 16.0. The molecule has 1 amide bonds. The molecular weight excluding hydrogens is 350 g/mol. The van der Waals surface area contributed by atoms with Crippen LogP contribution >= 0.6 is 0 Å². The van der Waals surface area contributed by atoms with E-state index in [1.165, 1.54) is 5.56 Å². The van der Waals surface area contributed by atoms with Crippen LogP contribution < -0.4 is 0 Å². The lowest BCUT2D eigenvalue weighted by Gasteiger charge is -2.21. The Balaban J connectivity index is 1.35. The number of aryl methyl sites for hydroxylation is 2. The fourth-order valence-electron chi connectivity index (χ4n) is 3.79. The van der Waals surface area contributed by atoms with Crippen LogP contribution in [0.25, 0.3) is 0 Å². The Morgan fingerprint density at radius 2 is 1.71 bits per heavy atom. The molecule has 1 saturated heterocycles. The second kappa shape index (κ2) is 8.83. The quantitative estimate of drug-likeness (QED) is 0.622. The van der Waals surface area contributed by atoms with Crippen molar-refractivity contribution in [1.82, 2.24) is 15.0 Å². The summed E-state index contributed by atoms with van der Waals surface area (Å²) >= 11 is 0. The number of benzene rings is 2. The molecule has 0 N–H and O–H groups in total. The molecule has 4 rings (SSSR count). The molecule has 2 aromatic carbocycles. The Morgan fingerprint density at radius 1 is 1.00 bits per heavy atom. The molecule has 1 aromatic heterocycles. The van der Waals surface area contributed by atoms with E-state index in [4.69, 9.17) is 4.52 Å². The van der Waals surface area contributed by atoms with Crippen molar-refractivity contribution in [1.29, 1.82) is 0 Å². The van der Waals surface area contributed by atoms with Gasteiger partial charge in [-0.05, 0) is 36.8 Å². The van der Waals surface area contributed by atoms with Gasteiger partial charge >= 0.3 is 0 Å². The van der Waals surface area contributed by atoms with Crippen molar-refractivity contribution < 1.29 is 9.32 Å². The third-order valence-electron chi connectivity index (χ3n) is 5.25. The van der Waals surface area contributed by atoms with Gasteiger partial charge in [0.1, 0.15) is 6.04 Å². The Bertz CT molecular complexity index is 892. The van der Waals surface area contributed by atoms with Gasteiger partial charge in [0, 0.05) is 13.0 Å². The Labute approximate surface area is 165 Å². The minimum atomic E-state index is -0.0911. The number of amides is 1. The minimum Gasteiger partial charge on any atom is -0.337 e. The van der Waals surface area contributed by atoms with Crippen LogP contribution in [0.15, 0.2) is 65.2 Å². The average Bonchev–Trinajstić information content (AvgIpc) is 3.39. The summed E-state index contributed by atoms with van der Waals surface area (Å²) in [4.78, 5) is 19.3. The van der Waals surface area contributed by atoms with Crippen LogP contribution in [0.2, 0.25) is 0 Å². The van der Waals surface area contributed by atoms with E-state index < -0.39 is 0 Å². The fraction of sp³-hybridized carbons (Fsp3) is 0.348. The summed E-state index contributed by atoms with van der Waals surface area (Å²) in [5, 5.41) is 4.15. The highest BCUT2D eigenvalue weighted by Gasteiger charge is 2.33. The molecule has 5 nitrogen and oxygen atoms in total. The molecule has 1 atom stereocenters. The second-order valence-corrected chi connectivity index (χ2v) is 7.30. The van der Waals surface area contributed by atoms with Crippen molar-refractivity contribution >= 4 is 5.91 Å². The predicted molar refractivity (Wildman–Crippen MR) is 107 cm³/mol. The first-order chi connectivity index (χ1) is 13.8. The van der Waals surface area contributed by atoms with Gasteiger partial charge in [-0.1, -0.05) is 65.8 Å². The standard InChI is InChI=1S/C23H25N3O2/c27-22(17-19-11-5-2-6-12-19)26-16-8-14-20(26)23-24-21(25-28-23)15-7-13-18-9-3-1-4-10-18/h1-6,9-12,20H,7-8,13-17H2/t20-/m0/s1. The molecule has 5 heteroatoms. The smallest absolute Gasteiger partial charge is 0.249 e. The number of aromatic nitrogens is 2. The number of hydrogen-bond acceptors (Lipinski definition) is 4. The van der Waals surface area contributed by atoms with E-state index in [0.29, 0.717) is 12.3 Å². The van der Waals surface area contributed by atoms with Gasteiger partial charge in [-0.3, -0.25) is 4.79 Å². The van der Waals surface area contributed by atoms with Crippen molar-refractivity contribution in [3.63, 3.8) is 0 Å². The number of likely N-dealkylation sites (tertiary alicyclic amines) is 1. The third kappa shape index (κ3) is 4.47. The summed E-state index contributed by atoms with van der Waals surface area (Å²) in [6, 6.07) is 20.2. The van der Waals surface area contributed by atoms with E-state index in [-0.39, 0.29) is 11.9 Å². The Kier molecular flexibility index (Phi) is 5.80. The zero-order chi connectivity index (χ0) is 19.2. The molecule has 0 bridgehead atoms. The van der Waals surface area contributed by atoms with Crippen LogP contribution in [0.3, 0.4) is 0 Å². The minimum absolute atomic E-state index is 0.0911. The normalized spacial score (nSPS) is 16.4. The molecule has 3 aromatic rings. The topological polar surface area (TPSA) is 59.2 Å². The van der Waals surface area contributed by atoms with E-state index in [0.717, 1.165) is 50.0 Å². The predicted octanol–water partition coefficient (Wildman–Crippen LogP) is 4.15. The molecular formula is C23H25N3O2. The molecule has 1 fully saturated rings. The van der Waals surface area contributed by atoms with Crippen LogP contribution in [0.5, 0.6) is 0 Å². The highest BCUT2D eigenvalue weighted by atomic mass is 16.5. The van der Waals surface area contributed by atoms with Gasteiger partial charge in [-0.2, -0.15) is 4.98 Å². The number of nitrogens with zero attached hydrogens (tertiary/aromatic N) is 3. The SMILES string of the molecule is O=C(Cc1ccccc1)N1CCC[C@H]1c1nc(CCCc2ccccc2)no1. The zero-order valence-electron chi connectivity index (χ0n) is 16.0. The monoisotopic (exact) mass is 375 g/mol. The third-order valence-corrected chi connectivity index (χ3v) is 5.25. The van der Waals surface area contributed by atoms with Crippen LogP contribution in [0.4, 0.5) is 0 Å². The van der Waals surface area contributed by atoms with Gasteiger partial charge in [0.2, 0.25) is 11.8 Å². The maximum Gasteiger partial charge on any atom is 0.249 e. The van der Waals surface area contributed by atoms with E-state index in [1.54, 1.807) is 0 Å². The molecule has 28 heavy (non-hydrogen) atoms. The largest absolute Gasteiger partial charge is 0.337 e. The summed E-state index contributed by atoms with van der Waals surface area (Å²) in [7, 11) is 0. The molecule has 0 unspecified atom stereocenters. The molecule has 0 radical (unpaired) electrons. The van der Waals surface area contributed by atoms with Crippen LogP contribution in [-0.2, 0) is 24.1 Å². The van der Waals surface area contributed by atoms with Crippen LogP contribution in [0, 0.1) is 0 Å². The Morgan fingerprint density at radius 3 is 2.46 bits per heavy atom. The van der Waals surface area contributed by atoms with Crippen molar-refractivity contribution in [3.8, 4) is 0 Å². The lowest BCUT2D eigenvalue weighted by molar-refractivity contribution is -0.131. The fourth-order valence-corrected chi connectivity index (χ4v) is 3.79. The van der Waals surface area contributed by atoms with Gasteiger partial charge in [0.25, 0.3) is 0 Å². The number of hydrogen-bond donors (Lipinski definition) is 0. The van der Waals surface area contributed by atoms with Gasteiger partial charge < -0.3 is 9.42 Å². The maximum atomic E-state index is 12.8. The first kappa shape index (κ1) is 18.4. The van der Waals surface area contributed by atoms with Gasteiger partial charge in [-0.25, -0.2) is 0 Å².